The third kappa shape index (κ3) is 3.55. The van der Waals surface area contributed by atoms with Crippen LogP contribution in [-0.4, -0.2) is 63.6 Å². The van der Waals surface area contributed by atoms with Gasteiger partial charge in [0.25, 0.3) is 0 Å². The average molecular weight is 366 g/mol. The van der Waals surface area contributed by atoms with Crippen LogP contribution in [0.15, 0.2) is 36.7 Å². The Morgan fingerprint density at radius 2 is 1.93 bits per heavy atom. The van der Waals surface area contributed by atoms with Gasteiger partial charge in [-0.3, -0.25) is 4.79 Å². The number of para-hydroxylation sites is 2. The number of rotatable bonds is 4. The van der Waals surface area contributed by atoms with Crippen molar-refractivity contribution in [3.8, 4) is 5.88 Å². The second-order valence-corrected chi connectivity index (χ2v) is 6.54. The van der Waals surface area contributed by atoms with Gasteiger partial charge in [0.1, 0.15) is 18.2 Å². The average Bonchev–Trinajstić information content (AvgIpc) is 3.10. The molecule has 0 radical (unpaired) electrons. The molecule has 0 atom stereocenters. The van der Waals surface area contributed by atoms with E-state index < -0.39 is 0 Å². The molecule has 0 spiro atoms. The van der Waals surface area contributed by atoms with E-state index in [9.17, 15) is 4.79 Å². The minimum atomic E-state index is 0.106. The van der Waals surface area contributed by atoms with Crippen molar-refractivity contribution >= 4 is 22.8 Å². The third-order valence-electron chi connectivity index (χ3n) is 4.80. The van der Waals surface area contributed by atoms with Gasteiger partial charge in [-0.25, -0.2) is 9.97 Å². The number of anilines is 1. The molecule has 0 aliphatic carbocycles. The van der Waals surface area contributed by atoms with Crippen LogP contribution in [0.2, 0.25) is 0 Å². The molecule has 27 heavy (non-hydrogen) atoms. The zero-order valence-corrected chi connectivity index (χ0v) is 15.5. The molecule has 3 heterocycles. The molecule has 0 unspecified atom stereocenters. The second kappa shape index (κ2) is 7.22. The van der Waals surface area contributed by atoms with E-state index in [4.69, 9.17) is 4.74 Å². The fraction of sp³-hybridized carbons (Fsp3) is 0.368. The molecule has 3 aromatic rings. The third-order valence-corrected chi connectivity index (χ3v) is 4.80. The van der Waals surface area contributed by atoms with E-state index >= 15 is 0 Å². The van der Waals surface area contributed by atoms with Crippen LogP contribution in [0.3, 0.4) is 0 Å². The topological polar surface area (TPSA) is 76.4 Å². The number of ether oxygens (including phenoxy) is 1. The van der Waals surface area contributed by atoms with Crippen molar-refractivity contribution in [2.45, 2.75) is 13.5 Å². The molecule has 0 bridgehead atoms. The van der Waals surface area contributed by atoms with Crippen molar-refractivity contribution in [2.75, 3.05) is 38.2 Å². The normalized spacial score (nSPS) is 14.6. The Labute approximate surface area is 157 Å². The number of carbonyl (C=O) groups excluding carboxylic acids is 1. The van der Waals surface area contributed by atoms with Gasteiger partial charge in [0, 0.05) is 32.2 Å². The fourth-order valence-electron chi connectivity index (χ4n) is 3.36. The van der Waals surface area contributed by atoms with Crippen LogP contribution in [0.1, 0.15) is 5.82 Å². The Morgan fingerprint density at radius 3 is 2.70 bits per heavy atom. The summed E-state index contributed by atoms with van der Waals surface area (Å²) in [6.07, 6.45) is 1.73. The molecule has 1 aliphatic rings. The summed E-state index contributed by atoms with van der Waals surface area (Å²) in [7, 11) is 1.60. The van der Waals surface area contributed by atoms with Crippen molar-refractivity contribution in [1.82, 2.24) is 24.4 Å². The van der Waals surface area contributed by atoms with Crippen molar-refractivity contribution in [3.05, 3.63) is 42.5 Å². The number of imidazole rings is 1. The molecule has 1 saturated heterocycles. The van der Waals surface area contributed by atoms with E-state index in [0.29, 0.717) is 31.3 Å². The maximum atomic E-state index is 12.7. The highest BCUT2D eigenvalue weighted by Crippen LogP contribution is 2.19. The lowest BCUT2D eigenvalue weighted by Crippen LogP contribution is -2.49. The first-order chi connectivity index (χ1) is 13.1. The largest absolute Gasteiger partial charge is 0.481 e. The lowest BCUT2D eigenvalue weighted by molar-refractivity contribution is -0.132. The minimum Gasteiger partial charge on any atom is -0.481 e. The summed E-state index contributed by atoms with van der Waals surface area (Å²) in [4.78, 5) is 29.8. The lowest BCUT2D eigenvalue weighted by atomic mass is 10.3. The lowest BCUT2D eigenvalue weighted by Gasteiger charge is -2.35. The molecule has 1 amide bonds. The van der Waals surface area contributed by atoms with E-state index in [1.165, 1.54) is 0 Å². The standard InChI is InChI=1S/C19H22N6O2/c1-14-21-17(11-18(22-14)27-2)23-7-9-24(10-8-23)19(26)12-25-13-20-15-5-3-4-6-16(15)25/h3-6,11,13H,7-10,12H2,1-2H3. The molecular formula is C19H22N6O2. The molecule has 2 aromatic heterocycles. The highest BCUT2D eigenvalue weighted by atomic mass is 16.5. The Bertz CT molecular complexity index is 962. The van der Waals surface area contributed by atoms with Gasteiger partial charge in [-0.2, -0.15) is 4.98 Å². The zero-order chi connectivity index (χ0) is 18.8. The molecule has 140 valence electrons. The molecule has 8 heteroatoms. The number of nitrogens with zero attached hydrogens (tertiary/aromatic N) is 6. The van der Waals surface area contributed by atoms with Crippen LogP contribution in [0.4, 0.5) is 5.82 Å². The Morgan fingerprint density at radius 1 is 1.15 bits per heavy atom. The second-order valence-electron chi connectivity index (χ2n) is 6.54. The van der Waals surface area contributed by atoms with Gasteiger partial charge in [-0.1, -0.05) is 12.1 Å². The first kappa shape index (κ1) is 17.3. The summed E-state index contributed by atoms with van der Waals surface area (Å²) in [5, 5.41) is 0. The van der Waals surface area contributed by atoms with Gasteiger partial charge in [0.15, 0.2) is 0 Å². The van der Waals surface area contributed by atoms with Gasteiger partial charge >= 0.3 is 0 Å². The maximum absolute atomic E-state index is 12.7. The van der Waals surface area contributed by atoms with Crippen molar-refractivity contribution in [1.29, 1.82) is 0 Å². The summed E-state index contributed by atoms with van der Waals surface area (Å²) in [6.45, 7) is 4.95. The van der Waals surface area contributed by atoms with E-state index in [1.807, 2.05) is 46.7 Å². The number of aryl methyl sites for hydroxylation is 1. The SMILES string of the molecule is COc1cc(N2CCN(C(=O)Cn3cnc4ccccc43)CC2)nc(C)n1. The smallest absolute Gasteiger partial charge is 0.242 e. The molecule has 0 saturated carbocycles. The van der Waals surface area contributed by atoms with Gasteiger partial charge in [-0.15, -0.1) is 0 Å². The Balaban J connectivity index is 1.40. The summed E-state index contributed by atoms with van der Waals surface area (Å²) >= 11 is 0. The Kier molecular flexibility index (Phi) is 4.62. The summed E-state index contributed by atoms with van der Waals surface area (Å²) < 4.78 is 7.13. The van der Waals surface area contributed by atoms with Crippen molar-refractivity contribution in [3.63, 3.8) is 0 Å². The maximum Gasteiger partial charge on any atom is 0.242 e. The zero-order valence-electron chi connectivity index (χ0n) is 15.5. The van der Waals surface area contributed by atoms with Crippen LogP contribution >= 0.6 is 0 Å². The summed E-state index contributed by atoms with van der Waals surface area (Å²) in [6, 6.07) is 9.68. The predicted molar refractivity (Wildman–Crippen MR) is 102 cm³/mol. The number of piperazine rings is 1. The van der Waals surface area contributed by atoms with Crippen molar-refractivity contribution in [2.24, 2.45) is 0 Å². The first-order valence-corrected chi connectivity index (χ1v) is 8.96. The highest BCUT2D eigenvalue weighted by Gasteiger charge is 2.23. The molecule has 4 rings (SSSR count). The van der Waals surface area contributed by atoms with Gasteiger partial charge in [0.05, 0.1) is 24.5 Å². The molecule has 1 fully saturated rings. The summed E-state index contributed by atoms with van der Waals surface area (Å²) in [5.74, 6) is 2.18. The van der Waals surface area contributed by atoms with Crippen LogP contribution in [0.5, 0.6) is 5.88 Å². The van der Waals surface area contributed by atoms with Gasteiger partial charge in [0.2, 0.25) is 11.8 Å². The Hall–Kier alpha value is -3.16. The van der Waals surface area contributed by atoms with E-state index in [2.05, 4.69) is 19.9 Å². The molecule has 1 aromatic carbocycles. The van der Waals surface area contributed by atoms with Crippen LogP contribution in [0.25, 0.3) is 11.0 Å². The minimum absolute atomic E-state index is 0.106. The molecule has 0 N–H and O–H groups in total. The molecular weight excluding hydrogens is 344 g/mol. The number of aromatic nitrogens is 4. The van der Waals surface area contributed by atoms with Gasteiger partial charge < -0.3 is 19.1 Å². The van der Waals surface area contributed by atoms with E-state index in [1.54, 1.807) is 13.4 Å². The molecule has 8 nitrogen and oxygen atoms in total. The quantitative estimate of drug-likeness (QED) is 0.696. The fourth-order valence-corrected chi connectivity index (χ4v) is 3.36. The number of benzene rings is 1. The number of hydrogen-bond acceptors (Lipinski definition) is 6. The predicted octanol–water partition coefficient (Wildman–Crippen LogP) is 1.49. The summed E-state index contributed by atoms with van der Waals surface area (Å²) in [5.41, 5.74) is 1.89. The monoisotopic (exact) mass is 366 g/mol. The number of methoxy groups -OCH3 is 1. The van der Waals surface area contributed by atoms with E-state index in [0.717, 1.165) is 29.9 Å². The molecule has 1 aliphatic heterocycles. The van der Waals surface area contributed by atoms with Crippen LogP contribution < -0.4 is 9.64 Å². The number of fused-ring (bicyclic) bond motifs is 1. The number of hydrogen-bond donors (Lipinski definition) is 0. The first-order valence-electron chi connectivity index (χ1n) is 8.96. The number of amides is 1. The highest BCUT2D eigenvalue weighted by molar-refractivity contribution is 5.80. The number of carbonyl (C=O) groups is 1. The van der Waals surface area contributed by atoms with Crippen LogP contribution in [-0.2, 0) is 11.3 Å². The van der Waals surface area contributed by atoms with Crippen LogP contribution in [0, 0.1) is 6.92 Å². The van der Waals surface area contributed by atoms with Gasteiger partial charge in [-0.05, 0) is 19.1 Å². The van der Waals surface area contributed by atoms with Crippen molar-refractivity contribution < 1.29 is 9.53 Å². The van der Waals surface area contributed by atoms with E-state index in [-0.39, 0.29) is 5.91 Å².